The zero-order valence-electron chi connectivity index (χ0n) is 13.2. The number of aromatic nitrogens is 4. The van der Waals surface area contributed by atoms with Gasteiger partial charge in [-0.05, 0) is 31.2 Å². The molecule has 126 valence electrons. The molecule has 0 aliphatic heterocycles. The van der Waals surface area contributed by atoms with Crippen LogP contribution in [-0.2, 0) is 0 Å². The van der Waals surface area contributed by atoms with Crippen molar-refractivity contribution in [2.75, 3.05) is 5.32 Å². The maximum Gasteiger partial charge on any atom is 0.264 e. The average Bonchev–Trinajstić information content (AvgIpc) is 2.97. The van der Waals surface area contributed by atoms with Crippen LogP contribution < -0.4 is 16.6 Å². The van der Waals surface area contributed by atoms with Crippen LogP contribution in [0.5, 0.6) is 0 Å². The molecule has 0 saturated carbocycles. The largest absolute Gasteiger partial charge is 0.366 e. The smallest absolute Gasteiger partial charge is 0.264 e. The third-order valence-corrected chi connectivity index (χ3v) is 3.54. The second-order valence-electron chi connectivity index (χ2n) is 5.23. The third kappa shape index (κ3) is 3.29. The predicted octanol–water partition coefficient (Wildman–Crippen LogP) is 0.615. The highest BCUT2D eigenvalue weighted by Gasteiger charge is 2.16. The van der Waals surface area contributed by atoms with E-state index in [-0.39, 0.29) is 5.56 Å². The number of anilines is 1. The zero-order valence-corrected chi connectivity index (χ0v) is 13.2. The quantitative estimate of drug-likeness (QED) is 0.640. The van der Waals surface area contributed by atoms with Gasteiger partial charge in [0.15, 0.2) is 5.82 Å². The van der Waals surface area contributed by atoms with Crippen LogP contribution in [-0.4, -0.2) is 31.8 Å². The van der Waals surface area contributed by atoms with Crippen LogP contribution >= 0.6 is 0 Å². The maximum absolute atomic E-state index is 12.5. The minimum Gasteiger partial charge on any atom is -0.366 e. The summed E-state index contributed by atoms with van der Waals surface area (Å²) in [5, 5.41) is 13.0. The Morgan fingerprint density at radius 2 is 2.04 bits per heavy atom. The van der Waals surface area contributed by atoms with Crippen LogP contribution in [0.15, 0.2) is 47.4 Å². The number of primary amides is 1. The van der Waals surface area contributed by atoms with Crippen LogP contribution in [0.2, 0.25) is 0 Å². The van der Waals surface area contributed by atoms with E-state index in [2.05, 4.69) is 20.6 Å². The monoisotopic (exact) mass is 338 g/mol. The first-order valence-electron chi connectivity index (χ1n) is 7.27. The Morgan fingerprint density at radius 3 is 2.72 bits per heavy atom. The first kappa shape index (κ1) is 16.1. The summed E-state index contributed by atoms with van der Waals surface area (Å²) in [4.78, 5) is 34.8. The topological polar surface area (TPSA) is 136 Å². The molecule has 0 aliphatic carbocycles. The Hall–Kier alpha value is -3.75. The van der Waals surface area contributed by atoms with Crippen molar-refractivity contribution in [3.8, 4) is 5.82 Å². The summed E-state index contributed by atoms with van der Waals surface area (Å²) < 4.78 is 1.44. The van der Waals surface area contributed by atoms with Crippen molar-refractivity contribution in [2.45, 2.75) is 6.92 Å². The number of nitrogens with two attached hydrogens (primary N) is 1. The van der Waals surface area contributed by atoms with Gasteiger partial charge in [0.25, 0.3) is 11.5 Å². The molecule has 0 bridgehead atoms. The molecule has 9 nitrogen and oxygen atoms in total. The van der Waals surface area contributed by atoms with E-state index < -0.39 is 11.8 Å². The van der Waals surface area contributed by atoms with Crippen LogP contribution in [0.25, 0.3) is 5.82 Å². The summed E-state index contributed by atoms with van der Waals surface area (Å²) in [7, 11) is 0. The average molecular weight is 338 g/mol. The number of rotatable bonds is 4. The van der Waals surface area contributed by atoms with E-state index in [9.17, 15) is 14.4 Å². The minimum atomic E-state index is -0.579. The molecule has 1 aromatic carbocycles. The Morgan fingerprint density at radius 1 is 1.24 bits per heavy atom. The van der Waals surface area contributed by atoms with Gasteiger partial charge in [-0.1, -0.05) is 6.07 Å². The van der Waals surface area contributed by atoms with Gasteiger partial charge < -0.3 is 11.1 Å². The molecule has 0 saturated heterocycles. The van der Waals surface area contributed by atoms with Crippen LogP contribution in [0.1, 0.15) is 26.4 Å². The number of carbonyl (C=O) groups excluding carboxylic acids is 2. The van der Waals surface area contributed by atoms with Crippen molar-refractivity contribution in [2.24, 2.45) is 5.73 Å². The van der Waals surface area contributed by atoms with Crippen LogP contribution in [0.4, 0.5) is 5.69 Å². The highest BCUT2D eigenvalue weighted by Crippen LogP contribution is 2.15. The lowest BCUT2D eigenvalue weighted by Crippen LogP contribution is -2.15. The molecule has 0 radical (unpaired) electrons. The number of hydrogen-bond donors (Lipinski definition) is 3. The lowest BCUT2D eigenvalue weighted by atomic mass is 10.2. The summed E-state index contributed by atoms with van der Waals surface area (Å²) in [5.74, 6) is -0.592. The molecular formula is C16H14N6O3. The van der Waals surface area contributed by atoms with Crippen molar-refractivity contribution in [3.05, 3.63) is 69.8 Å². The molecule has 0 atom stereocenters. The molecule has 0 aliphatic rings. The second kappa shape index (κ2) is 6.40. The number of aromatic amines is 1. The molecule has 0 spiro atoms. The highest BCUT2D eigenvalue weighted by molar-refractivity contribution is 6.05. The van der Waals surface area contributed by atoms with Gasteiger partial charge in [0.05, 0.1) is 17.5 Å². The van der Waals surface area contributed by atoms with E-state index in [1.807, 2.05) is 0 Å². The summed E-state index contributed by atoms with van der Waals surface area (Å²) >= 11 is 0. The molecule has 3 rings (SSSR count). The molecule has 4 N–H and O–H groups in total. The number of hydrogen-bond acceptors (Lipinski definition) is 5. The van der Waals surface area contributed by atoms with Gasteiger partial charge in [-0.25, -0.2) is 9.78 Å². The number of nitrogens with zero attached hydrogens (tertiary/aromatic N) is 3. The Bertz CT molecular complexity index is 1000. The fourth-order valence-corrected chi connectivity index (χ4v) is 2.27. The lowest BCUT2D eigenvalue weighted by molar-refractivity contribution is 0.0996. The van der Waals surface area contributed by atoms with E-state index in [4.69, 9.17) is 5.73 Å². The predicted molar refractivity (Wildman–Crippen MR) is 89.6 cm³/mol. The standard InChI is InChI=1S/C16H14N6O3/c1-9-12(8-18-22(9)13-5-6-14(23)21-20-13)16(25)19-11-4-2-3-10(7-11)15(17)24/h2-8H,1H3,(H2,17,24)(H,19,25)(H,21,23). The first-order chi connectivity index (χ1) is 12.0. The van der Waals surface area contributed by atoms with Gasteiger partial charge in [0, 0.05) is 17.3 Å². The van der Waals surface area contributed by atoms with E-state index in [1.165, 1.54) is 29.1 Å². The maximum atomic E-state index is 12.5. The Labute approximate surface area is 141 Å². The number of nitrogens with one attached hydrogen (secondary N) is 2. The van der Waals surface area contributed by atoms with E-state index in [1.54, 1.807) is 25.1 Å². The summed E-state index contributed by atoms with van der Waals surface area (Å²) in [6.45, 7) is 1.70. The van der Waals surface area contributed by atoms with E-state index >= 15 is 0 Å². The number of H-pyrrole nitrogens is 1. The van der Waals surface area contributed by atoms with Gasteiger partial charge in [-0.3, -0.25) is 14.4 Å². The summed E-state index contributed by atoms with van der Waals surface area (Å²) in [6, 6.07) is 9.13. The Balaban J connectivity index is 1.86. The fourth-order valence-electron chi connectivity index (χ4n) is 2.27. The fraction of sp³-hybridized carbons (Fsp3) is 0.0625. The molecule has 0 fully saturated rings. The minimum absolute atomic E-state index is 0.294. The van der Waals surface area contributed by atoms with Crippen molar-refractivity contribution < 1.29 is 9.59 Å². The third-order valence-electron chi connectivity index (χ3n) is 3.54. The Kier molecular flexibility index (Phi) is 4.12. The van der Waals surface area contributed by atoms with Crippen LogP contribution in [0, 0.1) is 6.92 Å². The zero-order chi connectivity index (χ0) is 18.0. The summed E-state index contributed by atoms with van der Waals surface area (Å²) in [5.41, 5.74) is 6.51. The van der Waals surface area contributed by atoms with Crippen molar-refractivity contribution in [1.29, 1.82) is 0 Å². The second-order valence-corrected chi connectivity index (χ2v) is 5.23. The van der Waals surface area contributed by atoms with Crippen molar-refractivity contribution in [3.63, 3.8) is 0 Å². The number of benzene rings is 1. The number of carbonyl (C=O) groups is 2. The highest BCUT2D eigenvalue weighted by atomic mass is 16.2. The molecule has 2 heterocycles. The SMILES string of the molecule is Cc1c(C(=O)Nc2cccc(C(N)=O)c2)cnn1-c1ccc(=O)[nH]n1. The van der Waals surface area contributed by atoms with E-state index in [0.29, 0.717) is 28.3 Å². The van der Waals surface area contributed by atoms with Crippen molar-refractivity contribution in [1.82, 2.24) is 20.0 Å². The van der Waals surface area contributed by atoms with E-state index in [0.717, 1.165) is 0 Å². The lowest BCUT2D eigenvalue weighted by Gasteiger charge is -2.06. The summed E-state index contributed by atoms with van der Waals surface area (Å²) in [6.07, 6.45) is 1.40. The van der Waals surface area contributed by atoms with Gasteiger partial charge in [0.1, 0.15) is 0 Å². The first-order valence-corrected chi connectivity index (χ1v) is 7.27. The van der Waals surface area contributed by atoms with Gasteiger partial charge >= 0.3 is 0 Å². The molecule has 0 unspecified atom stereocenters. The molecule has 9 heteroatoms. The van der Waals surface area contributed by atoms with Crippen molar-refractivity contribution >= 4 is 17.5 Å². The molecule has 2 aromatic heterocycles. The number of amides is 2. The normalized spacial score (nSPS) is 10.4. The molecular weight excluding hydrogens is 324 g/mol. The molecule has 25 heavy (non-hydrogen) atoms. The van der Waals surface area contributed by atoms with Crippen LogP contribution in [0.3, 0.4) is 0 Å². The molecule has 3 aromatic rings. The van der Waals surface area contributed by atoms with Gasteiger partial charge in [-0.15, -0.1) is 0 Å². The van der Waals surface area contributed by atoms with Gasteiger partial charge in [-0.2, -0.15) is 10.2 Å². The van der Waals surface area contributed by atoms with Gasteiger partial charge in [0.2, 0.25) is 5.91 Å². The molecule has 2 amide bonds.